The molecule has 1 amide bonds. The van der Waals surface area contributed by atoms with Crippen LogP contribution in [0.2, 0.25) is 0 Å². The van der Waals surface area contributed by atoms with Crippen molar-refractivity contribution in [1.29, 1.82) is 0 Å². The summed E-state index contributed by atoms with van der Waals surface area (Å²) in [6, 6.07) is 8.56. The van der Waals surface area contributed by atoms with Gasteiger partial charge in [-0.1, -0.05) is 31.2 Å². The Morgan fingerprint density at radius 2 is 2.25 bits per heavy atom. The summed E-state index contributed by atoms with van der Waals surface area (Å²) < 4.78 is 0. The van der Waals surface area contributed by atoms with E-state index in [1.165, 1.54) is 11.1 Å². The second-order valence-electron chi connectivity index (χ2n) is 4.14. The molecule has 0 saturated carbocycles. The van der Waals surface area contributed by atoms with Gasteiger partial charge in [0.15, 0.2) is 0 Å². The molecule has 1 aromatic carbocycles. The minimum absolute atomic E-state index is 0.0866. The van der Waals surface area contributed by atoms with Crippen LogP contribution in [0.15, 0.2) is 24.3 Å². The molecule has 3 nitrogen and oxygen atoms in total. The van der Waals surface area contributed by atoms with Crippen LogP contribution in [0.1, 0.15) is 30.5 Å². The number of aryl methyl sites for hydroxylation is 1. The van der Waals surface area contributed by atoms with Gasteiger partial charge in [-0.3, -0.25) is 4.79 Å². The number of hydrogen-bond acceptors (Lipinski definition) is 2. The predicted octanol–water partition coefficient (Wildman–Crippen LogP) is 1.40. The zero-order valence-electron chi connectivity index (χ0n) is 9.62. The van der Waals surface area contributed by atoms with Crippen molar-refractivity contribution in [1.82, 2.24) is 10.6 Å². The number of benzene rings is 1. The number of likely N-dealkylation sites (N-methyl/N-ethyl adjacent to an activating group) is 1. The van der Waals surface area contributed by atoms with E-state index >= 15 is 0 Å². The van der Waals surface area contributed by atoms with E-state index in [0.29, 0.717) is 6.54 Å². The molecule has 2 rings (SSSR count). The fourth-order valence-corrected chi connectivity index (χ4v) is 2.19. The number of rotatable bonds is 4. The summed E-state index contributed by atoms with van der Waals surface area (Å²) in [6.45, 7) is 3.24. The van der Waals surface area contributed by atoms with Gasteiger partial charge in [-0.15, -0.1) is 0 Å². The Kier molecular flexibility index (Phi) is 3.57. The van der Waals surface area contributed by atoms with Crippen LogP contribution in [0.25, 0.3) is 0 Å². The first-order valence-corrected chi connectivity index (χ1v) is 5.89. The topological polar surface area (TPSA) is 41.1 Å². The Morgan fingerprint density at radius 1 is 1.44 bits per heavy atom. The van der Waals surface area contributed by atoms with Gasteiger partial charge >= 0.3 is 0 Å². The summed E-state index contributed by atoms with van der Waals surface area (Å²) in [5.74, 6) is 0.0866. The lowest BCUT2D eigenvalue weighted by Crippen LogP contribution is -2.35. The van der Waals surface area contributed by atoms with Gasteiger partial charge in [-0.05, 0) is 30.5 Å². The molecule has 0 saturated heterocycles. The Labute approximate surface area is 96.2 Å². The fourth-order valence-electron chi connectivity index (χ4n) is 2.19. The van der Waals surface area contributed by atoms with Gasteiger partial charge in [0, 0.05) is 0 Å². The molecule has 86 valence electrons. The van der Waals surface area contributed by atoms with Crippen molar-refractivity contribution in [3.63, 3.8) is 0 Å². The highest BCUT2D eigenvalue weighted by molar-refractivity contribution is 5.78. The molecule has 0 bridgehead atoms. The fraction of sp³-hybridized carbons (Fsp3) is 0.462. The van der Waals surface area contributed by atoms with E-state index in [0.717, 1.165) is 19.4 Å². The Morgan fingerprint density at radius 3 is 3.06 bits per heavy atom. The molecule has 3 heteroatoms. The summed E-state index contributed by atoms with van der Waals surface area (Å²) in [7, 11) is 0. The Balaban J connectivity index is 1.95. The normalized spacial score (nSPS) is 18.2. The lowest BCUT2D eigenvalue weighted by atomic mass is 10.1. The minimum Gasteiger partial charge on any atom is -0.348 e. The maximum Gasteiger partial charge on any atom is 0.234 e. The van der Waals surface area contributed by atoms with Crippen LogP contribution in [0, 0.1) is 0 Å². The van der Waals surface area contributed by atoms with E-state index in [2.05, 4.69) is 28.8 Å². The van der Waals surface area contributed by atoms with Gasteiger partial charge < -0.3 is 10.6 Å². The van der Waals surface area contributed by atoms with Crippen molar-refractivity contribution in [2.45, 2.75) is 25.8 Å². The quantitative estimate of drug-likeness (QED) is 0.802. The highest BCUT2D eigenvalue weighted by atomic mass is 16.1. The second kappa shape index (κ2) is 5.12. The second-order valence-corrected chi connectivity index (χ2v) is 4.14. The monoisotopic (exact) mass is 218 g/mol. The van der Waals surface area contributed by atoms with Crippen LogP contribution in [0.3, 0.4) is 0 Å². The summed E-state index contributed by atoms with van der Waals surface area (Å²) in [4.78, 5) is 11.6. The lowest BCUT2D eigenvalue weighted by Gasteiger charge is -2.14. The van der Waals surface area contributed by atoms with Crippen LogP contribution in [0.5, 0.6) is 0 Å². The van der Waals surface area contributed by atoms with E-state index in [4.69, 9.17) is 0 Å². The third kappa shape index (κ3) is 2.42. The smallest absolute Gasteiger partial charge is 0.234 e. The highest BCUT2D eigenvalue weighted by Crippen LogP contribution is 2.30. The van der Waals surface area contributed by atoms with Crippen molar-refractivity contribution in [3.05, 3.63) is 35.4 Å². The molecule has 2 N–H and O–H groups in total. The first kappa shape index (κ1) is 11.1. The van der Waals surface area contributed by atoms with E-state index in [-0.39, 0.29) is 11.9 Å². The summed E-state index contributed by atoms with van der Waals surface area (Å²) in [5, 5.41) is 6.10. The Hall–Kier alpha value is -1.35. The number of nitrogens with one attached hydrogen (secondary N) is 2. The minimum atomic E-state index is 0.0866. The van der Waals surface area contributed by atoms with Crippen molar-refractivity contribution in [2.24, 2.45) is 0 Å². The summed E-state index contributed by atoms with van der Waals surface area (Å²) >= 11 is 0. The molecule has 1 unspecified atom stereocenters. The predicted molar refractivity (Wildman–Crippen MR) is 64.2 cm³/mol. The zero-order valence-corrected chi connectivity index (χ0v) is 9.62. The number of carbonyl (C=O) groups excluding carboxylic acids is 1. The van der Waals surface area contributed by atoms with Gasteiger partial charge in [-0.2, -0.15) is 0 Å². The van der Waals surface area contributed by atoms with E-state index in [9.17, 15) is 4.79 Å². The van der Waals surface area contributed by atoms with Crippen molar-refractivity contribution in [3.8, 4) is 0 Å². The van der Waals surface area contributed by atoms with Crippen LogP contribution in [0.4, 0.5) is 0 Å². The van der Waals surface area contributed by atoms with Gasteiger partial charge in [0.2, 0.25) is 5.91 Å². The highest BCUT2D eigenvalue weighted by Gasteiger charge is 2.22. The van der Waals surface area contributed by atoms with Crippen molar-refractivity contribution < 1.29 is 4.79 Å². The van der Waals surface area contributed by atoms with Gasteiger partial charge in [-0.25, -0.2) is 0 Å². The largest absolute Gasteiger partial charge is 0.348 e. The van der Waals surface area contributed by atoms with Crippen LogP contribution in [-0.4, -0.2) is 19.0 Å². The number of hydrogen-bond donors (Lipinski definition) is 2. The molecular weight excluding hydrogens is 200 g/mol. The molecule has 0 spiro atoms. The molecular formula is C13H18N2O. The number of fused-ring (bicyclic) bond motifs is 1. The van der Waals surface area contributed by atoms with E-state index < -0.39 is 0 Å². The molecule has 1 aliphatic carbocycles. The molecule has 0 fully saturated rings. The molecule has 0 radical (unpaired) electrons. The SMILES string of the molecule is CCNCC(=O)NC1CCc2ccccc21. The third-order valence-electron chi connectivity index (χ3n) is 3.00. The van der Waals surface area contributed by atoms with Gasteiger partial charge in [0.1, 0.15) is 0 Å². The third-order valence-corrected chi connectivity index (χ3v) is 3.00. The number of carbonyl (C=O) groups is 1. The maximum atomic E-state index is 11.6. The van der Waals surface area contributed by atoms with Crippen LogP contribution in [-0.2, 0) is 11.2 Å². The molecule has 16 heavy (non-hydrogen) atoms. The van der Waals surface area contributed by atoms with E-state index in [1.54, 1.807) is 0 Å². The van der Waals surface area contributed by atoms with Crippen LogP contribution < -0.4 is 10.6 Å². The van der Waals surface area contributed by atoms with Crippen molar-refractivity contribution in [2.75, 3.05) is 13.1 Å². The van der Waals surface area contributed by atoms with Crippen molar-refractivity contribution >= 4 is 5.91 Å². The molecule has 1 aromatic rings. The molecule has 0 aromatic heterocycles. The molecule has 0 heterocycles. The first-order chi connectivity index (χ1) is 7.81. The molecule has 1 aliphatic rings. The maximum absolute atomic E-state index is 11.6. The summed E-state index contributed by atoms with van der Waals surface area (Å²) in [6.07, 6.45) is 2.10. The molecule has 1 atom stereocenters. The lowest BCUT2D eigenvalue weighted by molar-refractivity contribution is -0.120. The summed E-state index contributed by atoms with van der Waals surface area (Å²) in [5.41, 5.74) is 2.66. The average molecular weight is 218 g/mol. The average Bonchev–Trinajstić information content (AvgIpc) is 2.70. The van der Waals surface area contributed by atoms with E-state index in [1.807, 2.05) is 13.0 Å². The zero-order chi connectivity index (χ0) is 11.4. The first-order valence-electron chi connectivity index (χ1n) is 5.89. The standard InChI is InChI=1S/C13H18N2O/c1-2-14-9-13(16)15-12-8-7-10-5-3-4-6-11(10)12/h3-6,12,14H,2,7-9H2,1H3,(H,15,16). The van der Waals surface area contributed by atoms with Gasteiger partial charge in [0.05, 0.1) is 12.6 Å². The van der Waals surface area contributed by atoms with Gasteiger partial charge in [0.25, 0.3) is 0 Å². The van der Waals surface area contributed by atoms with Crippen LogP contribution >= 0.6 is 0 Å². The Bertz CT molecular complexity index is 376. The molecule has 0 aliphatic heterocycles. The number of amides is 1.